The average Bonchev–Trinajstić information content (AvgIpc) is 3.05. The summed E-state index contributed by atoms with van der Waals surface area (Å²) in [7, 11) is 1.47. The Morgan fingerprint density at radius 2 is 2.19 bits per heavy atom. The second kappa shape index (κ2) is 5.81. The number of carboxylic acids is 1. The fraction of sp³-hybridized carbons (Fsp3) is 0.800. The zero-order chi connectivity index (χ0) is 12.1. The monoisotopic (exact) mass is 230 g/mol. The van der Waals surface area contributed by atoms with Crippen LogP contribution in [0.25, 0.3) is 0 Å². The Morgan fingerprint density at radius 1 is 1.56 bits per heavy atom. The van der Waals surface area contributed by atoms with E-state index in [2.05, 4.69) is 5.32 Å². The summed E-state index contributed by atoms with van der Waals surface area (Å²) in [6.45, 7) is 0.241. The van der Waals surface area contributed by atoms with Crippen LogP contribution >= 0.6 is 0 Å². The second-order valence-electron chi connectivity index (χ2n) is 4.02. The fourth-order valence-corrected chi connectivity index (χ4v) is 1.51. The number of ether oxygens (including phenoxy) is 1. The Bertz CT molecular complexity index is 262. The second-order valence-corrected chi connectivity index (χ2v) is 4.02. The van der Waals surface area contributed by atoms with E-state index >= 15 is 0 Å². The van der Waals surface area contributed by atoms with Gasteiger partial charge < -0.3 is 20.9 Å². The molecule has 1 saturated carbocycles. The Morgan fingerprint density at radius 3 is 2.56 bits per heavy atom. The van der Waals surface area contributed by atoms with Crippen LogP contribution in [0, 0.1) is 5.92 Å². The highest BCUT2D eigenvalue weighted by Crippen LogP contribution is 2.32. The maximum absolute atomic E-state index is 11.5. The first-order chi connectivity index (χ1) is 7.58. The van der Waals surface area contributed by atoms with E-state index in [0.29, 0.717) is 0 Å². The van der Waals surface area contributed by atoms with Crippen molar-refractivity contribution < 1.29 is 19.4 Å². The number of hydrogen-bond donors (Lipinski definition) is 3. The van der Waals surface area contributed by atoms with Crippen LogP contribution in [-0.4, -0.2) is 42.8 Å². The number of amides is 1. The van der Waals surface area contributed by atoms with Crippen molar-refractivity contribution in [2.24, 2.45) is 11.7 Å². The van der Waals surface area contributed by atoms with Crippen LogP contribution in [0.2, 0.25) is 0 Å². The molecule has 0 aromatic rings. The molecule has 0 spiro atoms. The molecular weight excluding hydrogens is 212 g/mol. The number of hydrogen-bond acceptors (Lipinski definition) is 4. The normalized spacial score (nSPS) is 18.9. The van der Waals surface area contributed by atoms with E-state index in [1.54, 1.807) is 0 Å². The van der Waals surface area contributed by atoms with Crippen molar-refractivity contribution in [3.63, 3.8) is 0 Å². The van der Waals surface area contributed by atoms with Crippen LogP contribution in [0.1, 0.15) is 19.3 Å². The SMILES string of the molecule is COC(CN)CC(=O)NC(C(=O)O)C1CC1. The third kappa shape index (κ3) is 3.79. The Kier molecular flexibility index (Phi) is 4.70. The number of nitrogens with one attached hydrogen (secondary N) is 1. The van der Waals surface area contributed by atoms with Crippen molar-refractivity contribution in [1.29, 1.82) is 0 Å². The number of nitrogens with two attached hydrogens (primary N) is 1. The summed E-state index contributed by atoms with van der Waals surface area (Å²) < 4.78 is 4.96. The molecule has 1 rings (SSSR count). The van der Waals surface area contributed by atoms with E-state index in [-0.39, 0.29) is 30.9 Å². The van der Waals surface area contributed by atoms with Gasteiger partial charge in [0.2, 0.25) is 5.91 Å². The maximum Gasteiger partial charge on any atom is 0.326 e. The van der Waals surface area contributed by atoms with Crippen molar-refractivity contribution in [3.05, 3.63) is 0 Å². The molecule has 1 aliphatic rings. The largest absolute Gasteiger partial charge is 0.480 e. The van der Waals surface area contributed by atoms with Gasteiger partial charge in [0.05, 0.1) is 12.5 Å². The number of rotatable bonds is 7. The molecule has 1 aliphatic carbocycles. The summed E-state index contributed by atoms with van der Waals surface area (Å²) in [6, 6.07) is -0.761. The molecule has 2 atom stereocenters. The van der Waals surface area contributed by atoms with Crippen molar-refractivity contribution in [2.45, 2.75) is 31.4 Å². The molecule has 16 heavy (non-hydrogen) atoms. The molecule has 92 valence electrons. The van der Waals surface area contributed by atoms with Crippen LogP contribution in [0.15, 0.2) is 0 Å². The molecule has 2 unspecified atom stereocenters. The van der Waals surface area contributed by atoms with E-state index in [1.807, 2.05) is 0 Å². The first-order valence-electron chi connectivity index (χ1n) is 5.33. The molecule has 0 aromatic heterocycles. The van der Waals surface area contributed by atoms with Gasteiger partial charge in [-0.15, -0.1) is 0 Å². The van der Waals surface area contributed by atoms with Gasteiger partial charge in [0.25, 0.3) is 0 Å². The predicted molar refractivity (Wildman–Crippen MR) is 56.8 cm³/mol. The van der Waals surface area contributed by atoms with Gasteiger partial charge in [-0.3, -0.25) is 4.79 Å². The minimum absolute atomic E-state index is 0.0836. The third-order valence-electron chi connectivity index (χ3n) is 2.69. The van der Waals surface area contributed by atoms with E-state index < -0.39 is 12.0 Å². The lowest BCUT2D eigenvalue weighted by Crippen LogP contribution is -2.44. The van der Waals surface area contributed by atoms with Gasteiger partial charge in [0.15, 0.2) is 0 Å². The van der Waals surface area contributed by atoms with Crippen LogP contribution < -0.4 is 11.1 Å². The first kappa shape index (κ1) is 12.9. The molecule has 0 heterocycles. The smallest absolute Gasteiger partial charge is 0.326 e. The lowest BCUT2D eigenvalue weighted by Gasteiger charge is -2.16. The molecule has 0 saturated heterocycles. The maximum atomic E-state index is 11.5. The molecule has 0 radical (unpaired) electrons. The van der Waals surface area contributed by atoms with Gasteiger partial charge in [0, 0.05) is 13.7 Å². The van der Waals surface area contributed by atoms with Gasteiger partial charge >= 0.3 is 5.97 Å². The highest BCUT2D eigenvalue weighted by Gasteiger charge is 2.37. The van der Waals surface area contributed by atoms with Crippen LogP contribution in [0.5, 0.6) is 0 Å². The highest BCUT2D eigenvalue weighted by molar-refractivity contribution is 5.84. The van der Waals surface area contributed by atoms with Gasteiger partial charge in [0.1, 0.15) is 6.04 Å². The van der Waals surface area contributed by atoms with Crippen molar-refractivity contribution in [2.75, 3.05) is 13.7 Å². The van der Waals surface area contributed by atoms with E-state index in [4.69, 9.17) is 15.6 Å². The molecule has 6 nitrogen and oxygen atoms in total. The molecule has 0 aromatic carbocycles. The number of aliphatic carboxylic acids is 1. The number of carboxylic acid groups (broad SMARTS) is 1. The summed E-state index contributed by atoms with van der Waals surface area (Å²) >= 11 is 0. The fourth-order valence-electron chi connectivity index (χ4n) is 1.51. The van der Waals surface area contributed by atoms with Gasteiger partial charge in [-0.25, -0.2) is 4.79 Å². The summed E-state index contributed by atoms with van der Waals surface area (Å²) in [5.41, 5.74) is 5.37. The Balaban J connectivity index is 2.39. The molecule has 0 bridgehead atoms. The number of methoxy groups -OCH3 is 1. The minimum atomic E-state index is -0.974. The molecule has 6 heteroatoms. The molecular formula is C10H18N2O4. The average molecular weight is 230 g/mol. The first-order valence-corrected chi connectivity index (χ1v) is 5.33. The number of carbonyl (C=O) groups is 2. The van der Waals surface area contributed by atoms with Gasteiger partial charge in [-0.05, 0) is 18.8 Å². The molecule has 4 N–H and O–H groups in total. The standard InChI is InChI=1S/C10H18N2O4/c1-16-7(5-11)4-8(13)12-9(10(14)15)6-2-3-6/h6-7,9H,2-5,11H2,1H3,(H,12,13)(H,14,15). The zero-order valence-corrected chi connectivity index (χ0v) is 9.31. The summed E-state index contributed by atoms with van der Waals surface area (Å²) in [6.07, 6.45) is 1.47. The summed E-state index contributed by atoms with van der Waals surface area (Å²) in [5, 5.41) is 11.4. The van der Waals surface area contributed by atoms with Crippen LogP contribution in [-0.2, 0) is 14.3 Å². The Hall–Kier alpha value is -1.14. The summed E-state index contributed by atoms with van der Waals surface area (Å²) in [4.78, 5) is 22.4. The van der Waals surface area contributed by atoms with Gasteiger partial charge in [-0.2, -0.15) is 0 Å². The Labute approximate surface area is 94.1 Å². The quantitative estimate of drug-likeness (QED) is 0.538. The topological polar surface area (TPSA) is 102 Å². The molecule has 1 fully saturated rings. The van der Waals surface area contributed by atoms with Crippen molar-refractivity contribution in [3.8, 4) is 0 Å². The number of carbonyl (C=O) groups excluding carboxylic acids is 1. The zero-order valence-electron chi connectivity index (χ0n) is 9.31. The van der Waals surface area contributed by atoms with E-state index in [1.165, 1.54) is 7.11 Å². The van der Waals surface area contributed by atoms with Crippen LogP contribution in [0.3, 0.4) is 0 Å². The van der Waals surface area contributed by atoms with Crippen molar-refractivity contribution in [1.82, 2.24) is 5.32 Å². The third-order valence-corrected chi connectivity index (χ3v) is 2.69. The lowest BCUT2D eigenvalue weighted by molar-refractivity contribution is -0.142. The van der Waals surface area contributed by atoms with Crippen molar-refractivity contribution >= 4 is 11.9 Å². The predicted octanol–water partition coefficient (Wildman–Crippen LogP) is -0.670. The van der Waals surface area contributed by atoms with Crippen LogP contribution in [0.4, 0.5) is 0 Å². The minimum Gasteiger partial charge on any atom is -0.480 e. The summed E-state index contributed by atoms with van der Waals surface area (Å²) in [5.74, 6) is -1.21. The van der Waals surface area contributed by atoms with E-state index in [0.717, 1.165) is 12.8 Å². The van der Waals surface area contributed by atoms with Gasteiger partial charge in [-0.1, -0.05) is 0 Å². The molecule has 1 amide bonds. The highest BCUT2D eigenvalue weighted by atomic mass is 16.5. The van der Waals surface area contributed by atoms with E-state index in [9.17, 15) is 9.59 Å². The lowest BCUT2D eigenvalue weighted by atomic mass is 10.1. The molecule has 0 aliphatic heterocycles.